The van der Waals surface area contributed by atoms with E-state index < -0.39 is 0 Å². The number of aryl methyl sites for hydroxylation is 1. The van der Waals surface area contributed by atoms with E-state index in [4.69, 9.17) is 4.98 Å². The molecule has 0 saturated carbocycles. The van der Waals surface area contributed by atoms with Crippen LogP contribution in [0.25, 0.3) is 10.2 Å². The van der Waals surface area contributed by atoms with Crippen LogP contribution in [0.2, 0.25) is 0 Å². The average molecular weight is 275 g/mol. The summed E-state index contributed by atoms with van der Waals surface area (Å²) in [5.74, 6) is 0.245. The van der Waals surface area contributed by atoms with Crippen molar-refractivity contribution in [2.24, 2.45) is 5.92 Å². The number of amides is 1. The highest BCUT2D eigenvalue weighted by atomic mass is 32.1. The van der Waals surface area contributed by atoms with Gasteiger partial charge in [-0.15, -0.1) is 0 Å². The summed E-state index contributed by atoms with van der Waals surface area (Å²) in [5.41, 5.74) is 2.41. The molecule has 0 bridgehead atoms. The molecule has 1 aliphatic rings. The van der Waals surface area contributed by atoms with Crippen molar-refractivity contribution in [3.63, 3.8) is 0 Å². The molecule has 19 heavy (non-hydrogen) atoms. The van der Waals surface area contributed by atoms with Crippen LogP contribution in [-0.2, 0) is 11.2 Å². The van der Waals surface area contributed by atoms with E-state index in [-0.39, 0.29) is 11.8 Å². The number of nitrogens with one attached hydrogen (secondary N) is 1. The van der Waals surface area contributed by atoms with Crippen molar-refractivity contribution in [1.29, 1.82) is 0 Å². The molecule has 1 fully saturated rings. The van der Waals surface area contributed by atoms with Crippen LogP contribution in [0, 0.1) is 5.92 Å². The standard InChI is InChI=1S/C14H17N3OS/c1-3-9-5-4-6-11-12(9)16-14(19-11)17-7-10(8-17)13(18)15-2/h4-6,10H,3,7-8H2,1-2H3,(H,15,18). The van der Waals surface area contributed by atoms with Crippen LogP contribution < -0.4 is 10.2 Å². The van der Waals surface area contributed by atoms with E-state index in [1.165, 1.54) is 10.3 Å². The van der Waals surface area contributed by atoms with Crippen molar-refractivity contribution in [3.8, 4) is 0 Å². The van der Waals surface area contributed by atoms with E-state index >= 15 is 0 Å². The van der Waals surface area contributed by atoms with Crippen LogP contribution in [0.5, 0.6) is 0 Å². The minimum atomic E-state index is 0.114. The lowest BCUT2D eigenvalue weighted by Crippen LogP contribution is -2.53. The number of anilines is 1. The van der Waals surface area contributed by atoms with Crippen molar-refractivity contribution >= 4 is 32.6 Å². The fourth-order valence-electron chi connectivity index (χ4n) is 2.42. The van der Waals surface area contributed by atoms with Gasteiger partial charge in [0.05, 0.1) is 16.1 Å². The van der Waals surface area contributed by atoms with E-state index in [0.717, 1.165) is 30.2 Å². The number of rotatable bonds is 3. The second-order valence-corrected chi connectivity index (χ2v) is 5.84. The number of fused-ring (bicyclic) bond motifs is 1. The maximum Gasteiger partial charge on any atom is 0.226 e. The summed E-state index contributed by atoms with van der Waals surface area (Å²) in [4.78, 5) is 18.4. The number of carbonyl (C=O) groups is 1. The Morgan fingerprint density at radius 3 is 3.00 bits per heavy atom. The van der Waals surface area contributed by atoms with Crippen LogP contribution in [0.3, 0.4) is 0 Å². The summed E-state index contributed by atoms with van der Waals surface area (Å²) < 4.78 is 1.23. The summed E-state index contributed by atoms with van der Waals surface area (Å²) in [5, 5.41) is 3.74. The predicted molar refractivity (Wildman–Crippen MR) is 78.8 cm³/mol. The van der Waals surface area contributed by atoms with Gasteiger partial charge in [-0.05, 0) is 18.1 Å². The van der Waals surface area contributed by atoms with Gasteiger partial charge < -0.3 is 10.2 Å². The Morgan fingerprint density at radius 1 is 1.53 bits per heavy atom. The predicted octanol–water partition coefficient (Wildman–Crippen LogP) is 2.04. The number of aromatic nitrogens is 1. The molecule has 1 N–H and O–H groups in total. The lowest BCUT2D eigenvalue weighted by molar-refractivity contribution is -0.125. The molecule has 0 spiro atoms. The Balaban J connectivity index is 1.82. The monoisotopic (exact) mass is 275 g/mol. The first-order chi connectivity index (χ1) is 9.22. The van der Waals surface area contributed by atoms with Gasteiger partial charge in [-0.3, -0.25) is 4.79 Å². The highest BCUT2D eigenvalue weighted by molar-refractivity contribution is 7.22. The molecule has 0 radical (unpaired) electrons. The Morgan fingerprint density at radius 2 is 2.32 bits per heavy atom. The first-order valence-corrected chi connectivity index (χ1v) is 7.39. The normalized spacial score (nSPS) is 15.6. The molecular weight excluding hydrogens is 258 g/mol. The topological polar surface area (TPSA) is 45.2 Å². The zero-order chi connectivity index (χ0) is 13.4. The second-order valence-electron chi connectivity index (χ2n) is 4.83. The fourth-order valence-corrected chi connectivity index (χ4v) is 3.45. The molecule has 1 aromatic heterocycles. The first-order valence-electron chi connectivity index (χ1n) is 6.58. The van der Waals surface area contributed by atoms with Crippen molar-refractivity contribution in [2.45, 2.75) is 13.3 Å². The summed E-state index contributed by atoms with van der Waals surface area (Å²) in [6, 6.07) is 6.34. The summed E-state index contributed by atoms with van der Waals surface area (Å²) in [6.45, 7) is 3.71. The van der Waals surface area contributed by atoms with Gasteiger partial charge in [0.15, 0.2) is 5.13 Å². The third kappa shape index (κ3) is 2.08. The number of carbonyl (C=O) groups excluding carboxylic acids is 1. The van der Waals surface area contributed by atoms with E-state index in [9.17, 15) is 4.79 Å². The van der Waals surface area contributed by atoms with Gasteiger partial charge in [0, 0.05) is 20.1 Å². The molecule has 4 nitrogen and oxygen atoms in total. The number of hydrogen-bond donors (Lipinski definition) is 1. The van der Waals surface area contributed by atoms with Gasteiger partial charge in [-0.2, -0.15) is 0 Å². The zero-order valence-electron chi connectivity index (χ0n) is 11.1. The zero-order valence-corrected chi connectivity index (χ0v) is 12.0. The molecule has 0 aliphatic carbocycles. The summed E-state index contributed by atoms with van der Waals surface area (Å²) in [6.07, 6.45) is 1.00. The first kappa shape index (κ1) is 12.4. The summed E-state index contributed by atoms with van der Waals surface area (Å²) >= 11 is 1.72. The summed E-state index contributed by atoms with van der Waals surface area (Å²) in [7, 11) is 1.69. The van der Waals surface area contributed by atoms with Crippen molar-refractivity contribution in [1.82, 2.24) is 10.3 Å². The number of para-hydroxylation sites is 1. The molecule has 0 unspecified atom stereocenters. The fraction of sp³-hybridized carbons (Fsp3) is 0.429. The molecule has 1 aromatic carbocycles. The van der Waals surface area contributed by atoms with Crippen molar-refractivity contribution in [3.05, 3.63) is 23.8 Å². The number of benzene rings is 1. The van der Waals surface area contributed by atoms with Gasteiger partial charge in [-0.1, -0.05) is 30.4 Å². The minimum Gasteiger partial charge on any atom is -0.359 e. The highest BCUT2D eigenvalue weighted by Crippen LogP contribution is 2.34. The quantitative estimate of drug-likeness (QED) is 0.932. The Bertz CT molecular complexity index is 616. The SMILES string of the molecule is CCc1cccc2sc(N3CC(C(=O)NC)C3)nc12. The Hall–Kier alpha value is -1.62. The maximum absolute atomic E-state index is 11.5. The van der Waals surface area contributed by atoms with Gasteiger partial charge in [0.1, 0.15) is 0 Å². The van der Waals surface area contributed by atoms with E-state index in [0.29, 0.717) is 0 Å². The Labute approximate surface area is 116 Å². The van der Waals surface area contributed by atoms with Crippen molar-refractivity contribution in [2.75, 3.05) is 25.0 Å². The molecule has 100 valence electrons. The molecule has 2 aromatic rings. The van der Waals surface area contributed by atoms with Gasteiger partial charge in [-0.25, -0.2) is 4.98 Å². The largest absolute Gasteiger partial charge is 0.359 e. The van der Waals surface area contributed by atoms with Gasteiger partial charge in [0.2, 0.25) is 5.91 Å². The third-order valence-electron chi connectivity index (χ3n) is 3.64. The minimum absolute atomic E-state index is 0.114. The molecule has 1 aliphatic heterocycles. The molecule has 5 heteroatoms. The Kier molecular flexibility index (Phi) is 3.14. The lowest BCUT2D eigenvalue weighted by Gasteiger charge is -2.37. The molecule has 3 rings (SSSR count). The van der Waals surface area contributed by atoms with E-state index in [2.05, 4.69) is 35.3 Å². The van der Waals surface area contributed by atoms with Crippen LogP contribution in [0.4, 0.5) is 5.13 Å². The average Bonchev–Trinajstić information content (AvgIpc) is 2.79. The number of thiazole rings is 1. The lowest BCUT2D eigenvalue weighted by atomic mass is 10.0. The second kappa shape index (κ2) is 4.81. The third-order valence-corrected chi connectivity index (χ3v) is 4.72. The van der Waals surface area contributed by atoms with Crippen LogP contribution >= 0.6 is 11.3 Å². The van der Waals surface area contributed by atoms with Crippen LogP contribution in [-0.4, -0.2) is 31.0 Å². The van der Waals surface area contributed by atoms with Gasteiger partial charge in [0.25, 0.3) is 0 Å². The van der Waals surface area contributed by atoms with Gasteiger partial charge >= 0.3 is 0 Å². The van der Waals surface area contributed by atoms with E-state index in [1.54, 1.807) is 18.4 Å². The number of nitrogens with zero attached hydrogens (tertiary/aromatic N) is 2. The molecule has 2 heterocycles. The molecule has 1 amide bonds. The molecule has 1 saturated heterocycles. The van der Waals surface area contributed by atoms with Crippen LogP contribution in [0.15, 0.2) is 18.2 Å². The maximum atomic E-state index is 11.5. The highest BCUT2D eigenvalue weighted by Gasteiger charge is 2.33. The van der Waals surface area contributed by atoms with E-state index in [1.807, 2.05) is 0 Å². The smallest absolute Gasteiger partial charge is 0.226 e. The van der Waals surface area contributed by atoms with Crippen LogP contribution in [0.1, 0.15) is 12.5 Å². The molecule has 0 atom stereocenters. The molecular formula is C14H17N3OS. The van der Waals surface area contributed by atoms with Crippen molar-refractivity contribution < 1.29 is 4.79 Å². The number of hydrogen-bond acceptors (Lipinski definition) is 4.